The van der Waals surface area contributed by atoms with Crippen molar-refractivity contribution in [3.05, 3.63) is 90.5 Å². The number of fused-ring (bicyclic) bond motifs is 1. The number of anilines is 2. The number of nitriles is 1. The summed E-state index contributed by atoms with van der Waals surface area (Å²) in [4.78, 5) is 23.4. The molecule has 2 aromatic carbocycles. The first kappa shape index (κ1) is 27.8. The number of ether oxygens (including phenoxy) is 1. The van der Waals surface area contributed by atoms with Crippen LogP contribution in [0.2, 0.25) is 0 Å². The van der Waals surface area contributed by atoms with Crippen molar-refractivity contribution in [2.45, 2.75) is 39.2 Å². The third-order valence-electron chi connectivity index (χ3n) is 7.10. The second-order valence-corrected chi connectivity index (χ2v) is 11.2. The number of rotatable bonds is 5. The summed E-state index contributed by atoms with van der Waals surface area (Å²) >= 11 is 0. The van der Waals surface area contributed by atoms with Gasteiger partial charge in [-0.3, -0.25) is 0 Å². The van der Waals surface area contributed by atoms with Gasteiger partial charge in [-0.1, -0.05) is 24.8 Å². The van der Waals surface area contributed by atoms with Crippen molar-refractivity contribution >= 4 is 34.1 Å². The molecule has 0 saturated carbocycles. The van der Waals surface area contributed by atoms with Crippen LogP contribution in [0.25, 0.3) is 27.6 Å². The number of allylic oxidation sites excluding steroid dienone is 1. The van der Waals surface area contributed by atoms with E-state index in [2.05, 4.69) is 22.9 Å². The number of carbonyl (C=O) groups is 1. The predicted molar refractivity (Wildman–Crippen MR) is 159 cm³/mol. The molecule has 0 aliphatic carbocycles. The van der Waals surface area contributed by atoms with Crippen LogP contribution in [0.3, 0.4) is 0 Å². The Morgan fingerprint density at radius 3 is 2.56 bits per heavy atom. The smallest absolute Gasteiger partial charge is 0.410 e. The van der Waals surface area contributed by atoms with Gasteiger partial charge >= 0.3 is 6.09 Å². The van der Waals surface area contributed by atoms with E-state index in [1.54, 1.807) is 47.5 Å². The minimum absolute atomic E-state index is 0.208. The second kappa shape index (κ2) is 11.4. The number of nitrogens with zero attached hydrogens (tertiary/aromatic N) is 4. The number of piperidine rings is 1. The monoisotopic (exact) mass is 549 g/mol. The quantitative estimate of drug-likeness (QED) is 0.274. The minimum atomic E-state index is -0.518. The summed E-state index contributed by atoms with van der Waals surface area (Å²) in [5.41, 5.74) is 4.18. The molecule has 8 heteroatoms. The third kappa shape index (κ3) is 6.52. The van der Waals surface area contributed by atoms with E-state index in [1.807, 2.05) is 39.0 Å². The standard InChI is InChI=1S/C33H32FN5O2/c1-21(23-12-14-39(15-13-23)32(40)41-33(2,3)4)28-10-9-26-20-36-31(18-30(26)37-28)38-29-11-8-25(17-27(29)34)24-7-5-6-22(16-24)19-35/h5-11,16-18,20,23H,1,12-15H2,2-4H3,(H,36,38). The average Bonchev–Trinajstić information content (AvgIpc) is 2.96. The number of likely N-dealkylation sites (tertiary alicyclic amines) is 1. The molecule has 1 saturated heterocycles. The first-order valence-electron chi connectivity index (χ1n) is 13.6. The van der Waals surface area contributed by atoms with E-state index in [1.165, 1.54) is 6.07 Å². The Morgan fingerprint density at radius 2 is 1.85 bits per heavy atom. The third-order valence-corrected chi connectivity index (χ3v) is 7.10. The van der Waals surface area contributed by atoms with Crippen molar-refractivity contribution in [1.29, 1.82) is 5.26 Å². The lowest BCUT2D eigenvalue weighted by molar-refractivity contribution is 0.0199. The Hall–Kier alpha value is -4.77. The van der Waals surface area contributed by atoms with Gasteiger partial charge in [-0.25, -0.2) is 19.2 Å². The fourth-order valence-electron chi connectivity index (χ4n) is 4.91. The van der Waals surface area contributed by atoms with Crippen molar-refractivity contribution in [2.24, 2.45) is 5.92 Å². The average molecular weight is 550 g/mol. The normalized spacial score (nSPS) is 14.0. The molecule has 5 rings (SSSR count). The van der Waals surface area contributed by atoms with Crippen LogP contribution >= 0.6 is 0 Å². The van der Waals surface area contributed by atoms with Gasteiger partial charge in [-0.15, -0.1) is 0 Å². The summed E-state index contributed by atoms with van der Waals surface area (Å²) in [6.07, 6.45) is 3.00. The molecule has 1 amide bonds. The molecule has 2 aromatic heterocycles. The summed E-state index contributed by atoms with van der Waals surface area (Å²) in [6.45, 7) is 11.2. The van der Waals surface area contributed by atoms with Gasteiger partial charge in [-0.05, 0) is 92.6 Å². The summed E-state index contributed by atoms with van der Waals surface area (Å²) in [5.74, 6) is 0.246. The highest BCUT2D eigenvalue weighted by Gasteiger charge is 2.28. The van der Waals surface area contributed by atoms with E-state index in [0.29, 0.717) is 30.0 Å². The SMILES string of the molecule is C=C(c1ccc2cnc(Nc3ccc(-c4cccc(C#N)c4)cc3F)cc2n1)C1CCN(C(=O)OC(C)(C)C)CC1. The maximum Gasteiger partial charge on any atom is 0.410 e. The second-order valence-electron chi connectivity index (χ2n) is 11.2. The first-order chi connectivity index (χ1) is 19.6. The lowest BCUT2D eigenvalue weighted by Gasteiger charge is -2.34. The van der Waals surface area contributed by atoms with Gasteiger partial charge in [0.2, 0.25) is 0 Å². The predicted octanol–water partition coefficient (Wildman–Crippen LogP) is 7.71. The Bertz CT molecular complexity index is 1660. The maximum absolute atomic E-state index is 15.0. The number of halogens is 1. The maximum atomic E-state index is 15.0. The number of amides is 1. The number of aromatic nitrogens is 2. The molecule has 7 nitrogen and oxygen atoms in total. The van der Waals surface area contributed by atoms with Crippen LogP contribution in [-0.4, -0.2) is 39.7 Å². The van der Waals surface area contributed by atoms with Gasteiger partial charge in [0, 0.05) is 30.7 Å². The molecule has 208 valence electrons. The highest BCUT2D eigenvalue weighted by Crippen LogP contribution is 2.32. The molecule has 1 N–H and O–H groups in total. The number of hydrogen-bond acceptors (Lipinski definition) is 6. The first-order valence-corrected chi connectivity index (χ1v) is 13.6. The topological polar surface area (TPSA) is 91.1 Å². The van der Waals surface area contributed by atoms with Crippen LogP contribution < -0.4 is 5.32 Å². The molecule has 41 heavy (non-hydrogen) atoms. The fraction of sp³-hybridized carbons (Fsp3) is 0.273. The van der Waals surface area contributed by atoms with Gasteiger partial charge < -0.3 is 15.0 Å². The molecule has 1 aliphatic heterocycles. The number of pyridine rings is 2. The molecule has 1 fully saturated rings. The van der Waals surface area contributed by atoms with Crippen molar-refractivity contribution in [3.8, 4) is 17.2 Å². The van der Waals surface area contributed by atoms with Gasteiger partial charge in [0.05, 0.1) is 28.5 Å². The van der Waals surface area contributed by atoms with Gasteiger partial charge in [0.25, 0.3) is 0 Å². The largest absolute Gasteiger partial charge is 0.444 e. The zero-order valence-electron chi connectivity index (χ0n) is 23.4. The zero-order chi connectivity index (χ0) is 29.1. The van der Waals surface area contributed by atoms with Gasteiger partial charge in [-0.2, -0.15) is 5.26 Å². The molecule has 1 aliphatic rings. The molecular weight excluding hydrogens is 517 g/mol. The van der Waals surface area contributed by atoms with Crippen molar-refractivity contribution in [3.63, 3.8) is 0 Å². The van der Waals surface area contributed by atoms with E-state index in [0.717, 1.165) is 40.6 Å². The van der Waals surface area contributed by atoms with Crippen LogP contribution in [0, 0.1) is 23.1 Å². The number of benzene rings is 2. The molecule has 0 radical (unpaired) electrons. The molecule has 4 aromatic rings. The van der Waals surface area contributed by atoms with Crippen LogP contribution in [0.4, 0.5) is 20.7 Å². The Labute approximate surface area is 239 Å². The number of carbonyl (C=O) groups excluding carboxylic acids is 1. The van der Waals surface area contributed by atoms with Crippen molar-refractivity contribution in [1.82, 2.24) is 14.9 Å². The lowest BCUT2D eigenvalue weighted by atomic mass is 9.88. The molecule has 0 bridgehead atoms. The molecule has 0 spiro atoms. The van der Waals surface area contributed by atoms with Crippen molar-refractivity contribution in [2.75, 3.05) is 18.4 Å². The summed E-state index contributed by atoms with van der Waals surface area (Å²) in [6, 6.07) is 19.8. The van der Waals surface area contributed by atoms with Crippen LogP contribution in [0.15, 0.2) is 73.4 Å². The molecule has 0 unspecified atom stereocenters. The lowest BCUT2D eigenvalue weighted by Crippen LogP contribution is -2.41. The summed E-state index contributed by atoms with van der Waals surface area (Å²) < 4.78 is 20.5. The van der Waals surface area contributed by atoms with E-state index < -0.39 is 11.4 Å². The van der Waals surface area contributed by atoms with Crippen LogP contribution in [0.5, 0.6) is 0 Å². The summed E-state index contributed by atoms with van der Waals surface area (Å²) in [5, 5.41) is 13.1. The zero-order valence-corrected chi connectivity index (χ0v) is 23.4. The van der Waals surface area contributed by atoms with E-state index in [4.69, 9.17) is 15.0 Å². The van der Waals surface area contributed by atoms with E-state index in [9.17, 15) is 4.79 Å². The molecule has 0 atom stereocenters. The van der Waals surface area contributed by atoms with E-state index >= 15 is 4.39 Å². The number of hydrogen-bond donors (Lipinski definition) is 1. The fourth-order valence-corrected chi connectivity index (χ4v) is 4.91. The van der Waals surface area contributed by atoms with Crippen LogP contribution in [0.1, 0.15) is 44.9 Å². The molecular formula is C33H32FN5O2. The Balaban J connectivity index is 1.28. The minimum Gasteiger partial charge on any atom is -0.444 e. The Kier molecular flexibility index (Phi) is 7.71. The van der Waals surface area contributed by atoms with Gasteiger partial charge in [0.15, 0.2) is 0 Å². The summed E-state index contributed by atoms with van der Waals surface area (Å²) in [7, 11) is 0. The number of nitrogens with one attached hydrogen (secondary N) is 1. The van der Waals surface area contributed by atoms with Crippen molar-refractivity contribution < 1.29 is 13.9 Å². The van der Waals surface area contributed by atoms with E-state index in [-0.39, 0.29) is 17.7 Å². The highest BCUT2D eigenvalue weighted by atomic mass is 19.1. The molecule has 3 heterocycles. The van der Waals surface area contributed by atoms with Gasteiger partial charge in [0.1, 0.15) is 17.2 Å². The highest BCUT2D eigenvalue weighted by molar-refractivity contribution is 5.83. The van der Waals surface area contributed by atoms with Crippen LogP contribution in [-0.2, 0) is 4.74 Å². The Morgan fingerprint density at radius 1 is 1.10 bits per heavy atom.